The molecule has 2 aromatic heterocycles. The summed E-state index contributed by atoms with van der Waals surface area (Å²) in [4.78, 5) is 18.2. The molecule has 8 heteroatoms. The van der Waals surface area contributed by atoms with Gasteiger partial charge in [-0.25, -0.2) is 0 Å². The number of hydrogen-bond donors (Lipinski definition) is 0. The number of benzene rings is 7. The minimum atomic E-state index is 0. The van der Waals surface area contributed by atoms with Gasteiger partial charge in [0, 0.05) is 69.8 Å². The molecule has 0 spiro atoms. The van der Waals surface area contributed by atoms with E-state index in [1.807, 2.05) is 24.8 Å². The summed E-state index contributed by atoms with van der Waals surface area (Å²) in [6.07, 6.45) is 7.61. The minimum Gasteiger partial charge on any atom is -0.512 e. The van der Waals surface area contributed by atoms with Crippen molar-refractivity contribution in [1.82, 2.24) is 9.97 Å². The molecule has 0 bridgehead atoms. The maximum atomic E-state index is 6.25. The number of pyridine rings is 2. The molecule has 0 amide bonds. The van der Waals surface area contributed by atoms with E-state index >= 15 is 0 Å². The second-order valence-corrected chi connectivity index (χ2v) is 14.7. The van der Waals surface area contributed by atoms with E-state index in [0.717, 1.165) is 90.0 Å². The van der Waals surface area contributed by atoms with Gasteiger partial charge in [0.2, 0.25) is 0 Å². The molecule has 0 radical (unpaired) electrons. The Morgan fingerprint density at radius 2 is 0.683 bits per heavy atom. The molecule has 0 saturated heterocycles. The number of hydrogen-bond acceptors (Lipinski definition) is 7. The van der Waals surface area contributed by atoms with Crippen LogP contribution in [0.5, 0.6) is 0 Å². The average molecular weight is 991 g/mol. The zero-order valence-corrected chi connectivity index (χ0v) is 36.1. The summed E-state index contributed by atoms with van der Waals surface area (Å²) in [6, 6.07) is 69.9. The first-order valence-corrected chi connectivity index (χ1v) is 20.3. The molecule has 2 aliphatic heterocycles. The third kappa shape index (κ3) is 7.52. The van der Waals surface area contributed by atoms with Crippen molar-refractivity contribution in [2.45, 2.75) is 0 Å². The summed E-state index contributed by atoms with van der Waals surface area (Å²) in [5, 5.41) is 6.25. The van der Waals surface area contributed by atoms with Gasteiger partial charge in [0.05, 0.1) is 11.4 Å². The van der Waals surface area contributed by atoms with Crippen molar-refractivity contribution >= 4 is 45.5 Å². The predicted molar refractivity (Wildman–Crippen MR) is 251 cm³/mol. The van der Waals surface area contributed by atoms with E-state index in [2.05, 4.69) is 237 Å². The van der Waals surface area contributed by atoms with Gasteiger partial charge in [0.1, 0.15) is 0 Å². The summed E-state index contributed by atoms with van der Waals surface area (Å²) in [5.41, 5.74) is 17.1. The number of fused-ring (bicyclic) bond motifs is 2. The van der Waals surface area contributed by atoms with E-state index in [-0.39, 0.29) is 21.1 Å². The van der Waals surface area contributed by atoms with Crippen molar-refractivity contribution in [2.75, 3.05) is 19.6 Å². The first kappa shape index (κ1) is 40.6. The van der Waals surface area contributed by atoms with E-state index in [1.165, 1.54) is 0 Å². The molecular weight excluding hydrogens is 954 g/mol. The van der Waals surface area contributed by atoms with Crippen LogP contribution in [0.15, 0.2) is 213 Å². The smallest absolute Gasteiger partial charge is 0.512 e. The maximum Gasteiger partial charge on any atom is 4.00 e. The summed E-state index contributed by atoms with van der Waals surface area (Å²) in [6.45, 7) is 9.10. The van der Waals surface area contributed by atoms with Crippen LogP contribution >= 0.6 is 0 Å². The molecule has 302 valence electrons. The van der Waals surface area contributed by atoms with E-state index in [0.29, 0.717) is 0 Å². The van der Waals surface area contributed by atoms with Crippen molar-refractivity contribution < 1.29 is 21.1 Å². The summed E-state index contributed by atoms with van der Waals surface area (Å²) < 4.78 is 0. The molecule has 9 aromatic rings. The number of nitrogens with zero attached hydrogens (tertiary/aromatic N) is 7. The Bertz CT molecular complexity index is 2700. The monoisotopic (exact) mass is 990 g/mol. The predicted octanol–water partition coefficient (Wildman–Crippen LogP) is 13.9. The molecule has 4 heterocycles. The topological polar surface area (TPSA) is 62.5 Å². The van der Waals surface area contributed by atoms with Crippen LogP contribution in [0.4, 0.5) is 45.5 Å². The van der Waals surface area contributed by atoms with Gasteiger partial charge in [-0.15, -0.1) is 42.9 Å². The van der Waals surface area contributed by atoms with Crippen molar-refractivity contribution in [2.24, 2.45) is 0 Å². The third-order valence-corrected chi connectivity index (χ3v) is 11.2. The number of para-hydroxylation sites is 2. The van der Waals surface area contributed by atoms with Gasteiger partial charge in [0.25, 0.3) is 0 Å². The Labute approximate surface area is 382 Å². The molecule has 0 N–H and O–H groups in total. The van der Waals surface area contributed by atoms with Crippen LogP contribution in [0.3, 0.4) is 0 Å². The second kappa shape index (κ2) is 18.1. The first-order chi connectivity index (χ1) is 30.8. The van der Waals surface area contributed by atoms with Gasteiger partial charge in [-0.3, -0.25) is 9.97 Å². The van der Waals surface area contributed by atoms with Gasteiger partial charge in [0.15, 0.2) is 0 Å². The average Bonchev–Trinajstić information content (AvgIpc) is 3.95. The molecule has 63 heavy (non-hydrogen) atoms. The fraction of sp³-hybridized carbons (Fsp3) is 0. The van der Waals surface area contributed by atoms with E-state index in [9.17, 15) is 0 Å². The van der Waals surface area contributed by atoms with Crippen LogP contribution in [0.25, 0.3) is 44.5 Å². The fourth-order valence-electron chi connectivity index (χ4n) is 8.49. The second-order valence-electron chi connectivity index (χ2n) is 14.7. The first-order valence-electron chi connectivity index (χ1n) is 20.3. The van der Waals surface area contributed by atoms with E-state index in [4.69, 9.17) is 11.8 Å². The fourth-order valence-corrected chi connectivity index (χ4v) is 8.49. The van der Waals surface area contributed by atoms with Crippen LogP contribution in [-0.4, -0.2) is 9.97 Å². The van der Waals surface area contributed by atoms with Crippen molar-refractivity contribution in [3.05, 3.63) is 239 Å². The SMILES string of the molecule is [C-]#N.[Pt+4].[c-]1c(N2[CH-]N(c3c(-c4ccccc4)cccc3-c3ccccc3)c3ccncc32)cccc1N1[CH-]N(c2c(-c3ccccc3)cccc2-c2ccccc2)c2ccncc21. The normalized spacial score (nSPS) is 12.5. The molecule has 0 saturated carbocycles. The minimum absolute atomic E-state index is 0. The number of rotatable bonds is 8. The Morgan fingerprint density at radius 3 is 1.02 bits per heavy atom. The maximum absolute atomic E-state index is 6.25. The molecule has 0 atom stereocenters. The van der Waals surface area contributed by atoms with Crippen molar-refractivity contribution in [3.8, 4) is 44.5 Å². The van der Waals surface area contributed by atoms with E-state index in [1.54, 1.807) is 0 Å². The standard InChI is InChI=1S/C54H37N6.CN.Pt/c1-5-16-39(17-6-1)45-26-14-27-46(40-18-7-2-8-19-40)53(45)59-37-57(51-35-55-32-30-49(51)59)43-24-13-25-44(34-43)58-38-60(50-31-33-56-36-52(50)58)54-47(41-20-9-3-10-21-41)28-15-29-48(54)42-22-11-4-12-23-42;1-2;/h1-33,35-38H;;/q-3;-1;+4. The van der Waals surface area contributed by atoms with Gasteiger partial charge in [-0.1, -0.05) is 158 Å². The Balaban J connectivity index is 0.00000166. The van der Waals surface area contributed by atoms with Crippen molar-refractivity contribution in [1.29, 1.82) is 5.26 Å². The van der Waals surface area contributed by atoms with Crippen LogP contribution in [0.2, 0.25) is 0 Å². The van der Waals surface area contributed by atoms with E-state index < -0.39 is 0 Å². The molecule has 0 aliphatic carbocycles. The van der Waals surface area contributed by atoms with Gasteiger partial charge < -0.3 is 31.4 Å². The van der Waals surface area contributed by atoms with Gasteiger partial charge in [-0.05, 0) is 34.4 Å². The number of aromatic nitrogens is 2. The van der Waals surface area contributed by atoms with Crippen LogP contribution in [0.1, 0.15) is 0 Å². The summed E-state index contributed by atoms with van der Waals surface area (Å²) in [5.74, 6) is 0. The summed E-state index contributed by atoms with van der Waals surface area (Å²) in [7, 11) is 0. The molecule has 2 aliphatic rings. The van der Waals surface area contributed by atoms with Gasteiger partial charge in [-0.2, -0.15) is 6.07 Å². The quantitative estimate of drug-likeness (QED) is 0.141. The Hall–Kier alpha value is -7.78. The van der Waals surface area contributed by atoms with Crippen LogP contribution in [0, 0.1) is 31.2 Å². The molecular formula is C55H37N7Pt. The van der Waals surface area contributed by atoms with Gasteiger partial charge >= 0.3 is 21.1 Å². The summed E-state index contributed by atoms with van der Waals surface area (Å²) >= 11 is 0. The zero-order chi connectivity index (χ0) is 41.8. The molecule has 0 unspecified atom stereocenters. The molecule has 11 rings (SSSR count). The van der Waals surface area contributed by atoms with Crippen LogP contribution < -0.4 is 19.6 Å². The zero-order valence-electron chi connectivity index (χ0n) is 33.8. The van der Waals surface area contributed by atoms with Crippen LogP contribution in [-0.2, 0) is 21.1 Å². The Morgan fingerprint density at radius 1 is 0.365 bits per heavy atom. The van der Waals surface area contributed by atoms with Crippen molar-refractivity contribution in [3.63, 3.8) is 0 Å². The number of anilines is 8. The molecule has 7 nitrogen and oxygen atoms in total. The third-order valence-electron chi connectivity index (χ3n) is 11.2. The Kier molecular flexibility index (Phi) is 11.6. The largest absolute Gasteiger partial charge is 4.00 e. The molecule has 0 fully saturated rings. The molecule has 7 aromatic carbocycles.